The number of rotatable bonds is 7. The van der Waals surface area contributed by atoms with Gasteiger partial charge in [0.1, 0.15) is 24.5 Å². The van der Waals surface area contributed by atoms with Crippen molar-refractivity contribution in [2.45, 2.75) is 89.7 Å². The summed E-state index contributed by atoms with van der Waals surface area (Å²) in [4.78, 5) is 25.6. The summed E-state index contributed by atoms with van der Waals surface area (Å²) < 4.78 is 58.4. The molecule has 2 rings (SSSR count). The molecule has 2 heterocycles. The lowest BCUT2D eigenvalue weighted by Crippen LogP contribution is -2.44. The van der Waals surface area contributed by atoms with Gasteiger partial charge in [-0.25, -0.2) is 4.79 Å². The first-order chi connectivity index (χ1) is 15.2. The van der Waals surface area contributed by atoms with Crippen LogP contribution in [-0.2, 0) is 20.1 Å². The monoisotopic (exact) mass is 490 g/mol. The molecule has 186 valence electrons. The van der Waals surface area contributed by atoms with Crippen molar-refractivity contribution in [3.05, 3.63) is 32.6 Å². The molecule has 1 N–H and O–H groups in total. The largest absolute Gasteiger partial charge is 0.423 e. The lowest BCUT2D eigenvalue weighted by molar-refractivity contribution is -0.139. The molecule has 0 bridgehead atoms. The first-order valence-corrected chi connectivity index (χ1v) is 13.9. The minimum atomic E-state index is -4.91. The Kier molecular flexibility index (Phi) is 8.78. The Morgan fingerprint density at radius 1 is 1.24 bits per heavy atom. The Balaban J connectivity index is 2.27. The van der Waals surface area contributed by atoms with E-state index in [1.807, 2.05) is 6.92 Å². The van der Waals surface area contributed by atoms with E-state index >= 15 is 0 Å². The lowest BCUT2D eigenvalue weighted by atomic mass is 10.2. The van der Waals surface area contributed by atoms with E-state index < -0.39 is 49.7 Å². The summed E-state index contributed by atoms with van der Waals surface area (Å²) in [5.41, 5.74) is -3.93. The molecule has 1 fully saturated rings. The molecule has 11 heteroatoms. The van der Waals surface area contributed by atoms with Crippen LogP contribution < -0.4 is 11.2 Å². The molecule has 0 saturated carbocycles. The van der Waals surface area contributed by atoms with Crippen LogP contribution in [0.3, 0.4) is 0 Å². The van der Waals surface area contributed by atoms with E-state index in [9.17, 15) is 22.8 Å². The van der Waals surface area contributed by atoms with E-state index in [0.717, 1.165) is 17.4 Å². The van der Waals surface area contributed by atoms with Crippen molar-refractivity contribution in [2.24, 2.45) is 0 Å². The molecule has 1 aliphatic heterocycles. The number of aromatic nitrogens is 2. The molecule has 0 radical (unpaired) electrons. The zero-order valence-corrected chi connectivity index (χ0v) is 21.0. The number of halogens is 3. The van der Waals surface area contributed by atoms with Crippen molar-refractivity contribution in [3.63, 3.8) is 0 Å². The zero-order chi connectivity index (χ0) is 25.0. The number of unbranched alkanes of at least 4 members (excludes halogenated alkanes) is 1. The van der Waals surface area contributed by atoms with Gasteiger partial charge in [-0.05, 0) is 24.6 Å². The van der Waals surface area contributed by atoms with Gasteiger partial charge in [0, 0.05) is 19.0 Å². The summed E-state index contributed by atoms with van der Waals surface area (Å²) in [6, 6.07) is 0. The van der Waals surface area contributed by atoms with Crippen LogP contribution in [0.25, 0.3) is 0 Å². The van der Waals surface area contributed by atoms with Gasteiger partial charge in [-0.15, -0.1) is 5.92 Å². The summed E-state index contributed by atoms with van der Waals surface area (Å²) >= 11 is 0. The lowest BCUT2D eigenvalue weighted by Gasteiger charge is -2.37. The van der Waals surface area contributed by atoms with E-state index in [1.165, 1.54) is 0 Å². The molecule has 0 unspecified atom stereocenters. The Morgan fingerprint density at radius 3 is 2.48 bits per heavy atom. The van der Waals surface area contributed by atoms with Crippen LogP contribution in [0.15, 0.2) is 15.8 Å². The first-order valence-electron chi connectivity index (χ1n) is 11.0. The molecule has 33 heavy (non-hydrogen) atoms. The first kappa shape index (κ1) is 27.4. The normalized spacial score (nSPS) is 21.7. The fourth-order valence-electron chi connectivity index (χ4n) is 3.02. The number of ether oxygens (including phenoxy) is 2. The van der Waals surface area contributed by atoms with Crippen molar-refractivity contribution in [2.75, 3.05) is 13.2 Å². The highest BCUT2D eigenvalue weighted by Crippen LogP contribution is 2.38. The maximum absolute atomic E-state index is 13.2. The van der Waals surface area contributed by atoms with Gasteiger partial charge >= 0.3 is 11.9 Å². The second-order valence-electron chi connectivity index (χ2n) is 9.60. The van der Waals surface area contributed by atoms with Crippen molar-refractivity contribution in [3.8, 4) is 11.8 Å². The average Bonchev–Trinajstić information content (AvgIpc) is 3.07. The van der Waals surface area contributed by atoms with Crippen LogP contribution in [0.1, 0.15) is 58.7 Å². The maximum atomic E-state index is 13.2. The summed E-state index contributed by atoms with van der Waals surface area (Å²) in [7, 11) is -2.13. The van der Waals surface area contributed by atoms with E-state index in [1.54, 1.807) is 4.98 Å². The van der Waals surface area contributed by atoms with Crippen LogP contribution in [0.2, 0.25) is 18.1 Å². The Bertz CT molecular complexity index is 985. The molecule has 3 atom stereocenters. The number of nitrogens with one attached hydrogen (secondary N) is 1. The molecule has 1 aliphatic rings. The highest BCUT2D eigenvalue weighted by molar-refractivity contribution is 6.74. The summed E-state index contributed by atoms with van der Waals surface area (Å²) in [5, 5.41) is -0.0511. The van der Waals surface area contributed by atoms with Crippen LogP contribution >= 0.6 is 0 Å². The van der Waals surface area contributed by atoms with Crippen molar-refractivity contribution in [1.29, 1.82) is 0 Å². The third-order valence-corrected chi connectivity index (χ3v) is 10.5. The second-order valence-corrected chi connectivity index (χ2v) is 14.4. The van der Waals surface area contributed by atoms with E-state index in [2.05, 4.69) is 45.7 Å². The molecule has 0 aromatic carbocycles. The van der Waals surface area contributed by atoms with Gasteiger partial charge in [-0.2, -0.15) is 13.2 Å². The molecule has 0 spiro atoms. The highest BCUT2D eigenvalue weighted by Gasteiger charge is 2.43. The standard InChI is InChI=1S/C22H33F3N2O5Si/c1-7-8-9-10-11-30-16-12-18(32-17(16)14-31-33(5,6)21(2,3)4)27-13-15(22(23,24)25)19(28)26-20(27)29/h13,16-18H,7-8,11-12,14H2,1-6H3,(H,26,28,29)/t16-,17+,18+/m0/s1. The Labute approximate surface area is 192 Å². The van der Waals surface area contributed by atoms with E-state index in [-0.39, 0.29) is 24.7 Å². The van der Waals surface area contributed by atoms with Gasteiger partial charge in [-0.3, -0.25) is 14.3 Å². The van der Waals surface area contributed by atoms with Crippen LogP contribution in [0.5, 0.6) is 0 Å². The van der Waals surface area contributed by atoms with Crippen LogP contribution in [0.4, 0.5) is 13.2 Å². The minimum Gasteiger partial charge on any atom is -0.414 e. The SMILES string of the molecule is CCCC#CCO[C@H]1C[C@H](n2cc(C(F)(F)F)c(=O)[nH]c2=O)O[C@@H]1CO[Si](C)(C)C(C)(C)C. The van der Waals surface area contributed by atoms with Gasteiger partial charge < -0.3 is 13.9 Å². The molecular weight excluding hydrogens is 457 g/mol. The molecule has 1 saturated heterocycles. The smallest absolute Gasteiger partial charge is 0.414 e. The predicted octanol–water partition coefficient (Wildman–Crippen LogP) is 4.05. The maximum Gasteiger partial charge on any atom is 0.423 e. The molecule has 1 aromatic rings. The molecule has 1 aromatic heterocycles. The second kappa shape index (κ2) is 10.6. The minimum absolute atomic E-state index is 0.0511. The summed E-state index contributed by atoms with van der Waals surface area (Å²) in [5.74, 6) is 5.88. The molecule has 7 nitrogen and oxygen atoms in total. The summed E-state index contributed by atoms with van der Waals surface area (Å²) in [6.45, 7) is 12.7. The number of nitrogens with zero attached hydrogens (tertiary/aromatic N) is 1. The number of hydrogen-bond donors (Lipinski definition) is 1. The van der Waals surface area contributed by atoms with E-state index in [0.29, 0.717) is 6.20 Å². The van der Waals surface area contributed by atoms with Crippen LogP contribution in [0, 0.1) is 11.8 Å². The van der Waals surface area contributed by atoms with Gasteiger partial charge in [0.15, 0.2) is 8.32 Å². The molecule has 0 aliphatic carbocycles. The zero-order valence-electron chi connectivity index (χ0n) is 20.0. The Morgan fingerprint density at radius 2 is 1.91 bits per heavy atom. The quantitative estimate of drug-likeness (QED) is 0.461. The van der Waals surface area contributed by atoms with Crippen molar-refractivity contribution >= 4 is 8.32 Å². The number of aromatic amines is 1. The average molecular weight is 491 g/mol. The van der Waals surface area contributed by atoms with Crippen molar-refractivity contribution < 1.29 is 27.1 Å². The van der Waals surface area contributed by atoms with Crippen molar-refractivity contribution in [1.82, 2.24) is 9.55 Å². The van der Waals surface area contributed by atoms with Crippen LogP contribution in [-0.4, -0.2) is 43.3 Å². The number of hydrogen-bond acceptors (Lipinski definition) is 5. The Hall–Kier alpha value is -1.87. The number of H-pyrrole nitrogens is 1. The third kappa shape index (κ3) is 7.05. The van der Waals surface area contributed by atoms with Gasteiger partial charge in [0.25, 0.3) is 5.56 Å². The third-order valence-electron chi connectivity index (χ3n) is 6.05. The predicted molar refractivity (Wildman–Crippen MR) is 120 cm³/mol. The fourth-order valence-corrected chi connectivity index (χ4v) is 4.03. The number of alkyl halides is 3. The molecule has 0 amide bonds. The van der Waals surface area contributed by atoms with Gasteiger partial charge in [0.05, 0.1) is 12.7 Å². The molecular formula is C22H33F3N2O5Si. The van der Waals surface area contributed by atoms with Gasteiger partial charge in [0.2, 0.25) is 0 Å². The fraction of sp³-hybridized carbons (Fsp3) is 0.727. The van der Waals surface area contributed by atoms with E-state index in [4.69, 9.17) is 13.9 Å². The highest BCUT2D eigenvalue weighted by atomic mass is 28.4. The topological polar surface area (TPSA) is 82.6 Å². The summed E-state index contributed by atoms with van der Waals surface area (Å²) in [6.07, 6.45) is -4.83. The van der Waals surface area contributed by atoms with Gasteiger partial charge in [-0.1, -0.05) is 33.6 Å².